The van der Waals surface area contributed by atoms with Crippen LogP contribution in [-0.2, 0) is 26.4 Å². The van der Waals surface area contributed by atoms with Crippen LogP contribution in [0.25, 0.3) is 10.9 Å². The first-order valence-electron chi connectivity index (χ1n) is 8.95. The van der Waals surface area contributed by atoms with Crippen LogP contribution in [0.15, 0.2) is 29.1 Å². The molecule has 0 unspecified atom stereocenters. The van der Waals surface area contributed by atoms with Crippen LogP contribution in [-0.4, -0.2) is 39.1 Å². The van der Waals surface area contributed by atoms with Gasteiger partial charge in [0.1, 0.15) is 0 Å². The quantitative estimate of drug-likeness (QED) is 0.728. The van der Waals surface area contributed by atoms with Gasteiger partial charge in [0.15, 0.2) is 0 Å². The third-order valence-electron chi connectivity index (χ3n) is 4.87. The monoisotopic (exact) mass is 367 g/mol. The van der Waals surface area contributed by atoms with Crippen molar-refractivity contribution in [1.29, 1.82) is 0 Å². The summed E-state index contributed by atoms with van der Waals surface area (Å²) in [5.41, 5.74) is 3.14. The zero-order valence-corrected chi connectivity index (χ0v) is 15.4. The molecule has 3 aromatic rings. The standard InChI is InChI=1S/C19H21N5O3/c1-23-19(27-2)14-7-6-13(10-16(14)21-23)18(26)20-8-9-24-17(25)11-12-4-3-5-15(12)22-24/h6-7,10-11H,3-5,8-9H2,1-2H3,(H,20,26). The number of nitrogens with one attached hydrogen (secondary N) is 1. The Kier molecular flexibility index (Phi) is 4.39. The highest BCUT2D eigenvalue weighted by molar-refractivity contribution is 5.98. The van der Waals surface area contributed by atoms with Gasteiger partial charge in [0.2, 0.25) is 5.88 Å². The second kappa shape index (κ2) is 6.86. The summed E-state index contributed by atoms with van der Waals surface area (Å²) < 4.78 is 8.38. The number of hydrogen-bond acceptors (Lipinski definition) is 5. The fraction of sp³-hybridized carbons (Fsp3) is 0.368. The Morgan fingerprint density at radius 2 is 2.11 bits per heavy atom. The molecule has 0 aliphatic heterocycles. The van der Waals surface area contributed by atoms with Gasteiger partial charge in [0, 0.05) is 25.2 Å². The number of carbonyl (C=O) groups excluding carboxylic acids is 1. The van der Waals surface area contributed by atoms with Gasteiger partial charge < -0.3 is 10.1 Å². The van der Waals surface area contributed by atoms with Crippen molar-refractivity contribution in [2.45, 2.75) is 25.8 Å². The molecule has 4 rings (SSSR count). The van der Waals surface area contributed by atoms with Gasteiger partial charge in [-0.05, 0) is 43.0 Å². The number of amides is 1. The molecule has 0 radical (unpaired) electrons. The number of hydrogen-bond donors (Lipinski definition) is 1. The predicted octanol–water partition coefficient (Wildman–Crippen LogP) is 1.06. The Hall–Kier alpha value is -3.16. The summed E-state index contributed by atoms with van der Waals surface area (Å²) in [5, 5.41) is 12.5. The first kappa shape index (κ1) is 17.3. The normalized spacial score (nSPS) is 13.0. The summed E-state index contributed by atoms with van der Waals surface area (Å²) in [5.74, 6) is 0.440. The lowest BCUT2D eigenvalue weighted by molar-refractivity contribution is 0.0952. The van der Waals surface area contributed by atoms with E-state index >= 15 is 0 Å². The summed E-state index contributed by atoms with van der Waals surface area (Å²) >= 11 is 0. The SMILES string of the molecule is COc1c2ccc(C(=O)NCCn3nc4c(cc3=O)CCC4)cc2nn1C. The summed E-state index contributed by atoms with van der Waals surface area (Å²) in [6, 6.07) is 6.96. The third kappa shape index (κ3) is 3.18. The van der Waals surface area contributed by atoms with Gasteiger partial charge in [-0.15, -0.1) is 0 Å². The van der Waals surface area contributed by atoms with Crippen LogP contribution in [0.2, 0.25) is 0 Å². The van der Waals surface area contributed by atoms with Crippen molar-refractivity contribution in [3.8, 4) is 5.88 Å². The molecule has 1 N–H and O–H groups in total. The van der Waals surface area contributed by atoms with Gasteiger partial charge in [-0.1, -0.05) is 0 Å². The van der Waals surface area contributed by atoms with Crippen LogP contribution < -0.4 is 15.6 Å². The molecule has 1 aliphatic rings. The maximum Gasteiger partial charge on any atom is 0.267 e. The van der Waals surface area contributed by atoms with Gasteiger partial charge >= 0.3 is 0 Å². The van der Waals surface area contributed by atoms with Crippen molar-refractivity contribution in [3.05, 3.63) is 51.4 Å². The van der Waals surface area contributed by atoms with Gasteiger partial charge in [-0.3, -0.25) is 9.59 Å². The molecule has 1 amide bonds. The van der Waals surface area contributed by atoms with Crippen LogP contribution in [0.4, 0.5) is 0 Å². The maximum atomic E-state index is 12.4. The Morgan fingerprint density at radius 3 is 2.93 bits per heavy atom. The summed E-state index contributed by atoms with van der Waals surface area (Å²) in [4.78, 5) is 24.5. The molecular formula is C19H21N5O3. The largest absolute Gasteiger partial charge is 0.481 e. The minimum Gasteiger partial charge on any atom is -0.481 e. The van der Waals surface area contributed by atoms with E-state index in [0.29, 0.717) is 30.0 Å². The van der Waals surface area contributed by atoms with E-state index in [9.17, 15) is 9.59 Å². The van der Waals surface area contributed by atoms with E-state index in [1.165, 1.54) is 4.68 Å². The summed E-state index contributed by atoms with van der Waals surface area (Å²) in [7, 11) is 3.38. The minimum atomic E-state index is -0.212. The number of aryl methyl sites for hydroxylation is 3. The molecule has 8 heteroatoms. The lowest BCUT2D eigenvalue weighted by Crippen LogP contribution is -2.32. The van der Waals surface area contributed by atoms with Crippen molar-refractivity contribution in [2.75, 3.05) is 13.7 Å². The smallest absolute Gasteiger partial charge is 0.267 e. The molecule has 0 saturated carbocycles. The highest BCUT2D eigenvalue weighted by atomic mass is 16.5. The first-order valence-corrected chi connectivity index (χ1v) is 8.95. The molecule has 1 aromatic carbocycles. The first-order chi connectivity index (χ1) is 13.1. The fourth-order valence-corrected chi connectivity index (χ4v) is 3.54. The van der Waals surface area contributed by atoms with E-state index in [1.807, 2.05) is 6.07 Å². The second-order valence-corrected chi connectivity index (χ2v) is 6.65. The molecule has 8 nitrogen and oxygen atoms in total. The molecule has 140 valence electrons. The van der Waals surface area contributed by atoms with Crippen molar-refractivity contribution >= 4 is 16.8 Å². The van der Waals surface area contributed by atoms with E-state index in [1.54, 1.807) is 37.0 Å². The lowest BCUT2D eigenvalue weighted by Gasteiger charge is -2.08. The number of methoxy groups -OCH3 is 1. The molecule has 2 heterocycles. The second-order valence-electron chi connectivity index (χ2n) is 6.65. The van der Waals surface area contributed by atoms with Crippen LogP contribution >= 0.6 is 0 Å². The summed E-state index contributed by atoms with van der Waals surface area (Å²) in [6.07, 6.45) is 2.88. The van der Waals surface area contributed by atoms with Crippen LogP contribution in [0.1, 0.15) is 28.0 Å². The number of rotatable bonds is 5. The molecule has 0 saturated heterocycles. The van der Waals surface area contributed by atoms with E-state index in [-0.39, 0.29) is 11.5 Å². The molecule has 27 heavy (non-hydrogen) atoms. The van der Waals surface area contributed by atoms with Crippen molar-refractivity contribution in [1.82, 2.24) is 24.9 Å². The molecule has 1 aliphatic carbocycles. The number of nitrogens with zero attached hydrogens (tertiary/aromatic N) is 4. The van der Waals surface area contributed by atoms with Crippen LogP contribution in [0.5, 0.6) is 5.88 Å². The van der Waals surface area contributed by atoms with Gasteiger partial charge in [0.25, 0.3) is 11.5 Å². The molecular weight excluding hydrogens is 346 g/mol. The van der Waals surface area contributed by atoms with Gasteiger partial charge in [0.05, 0.1) is 30.3 Å². The van der Waals surface area contributed by atoms with Crippen molar-refractivity contribution < 1.29 is 9.53 Å². The third-order valence-corrected chi connectivity index (χ3v) is 4.87. The highest BCUT2D eigenvalue weighted by Crippen LogP contribution is 2.25. The molecule has 2 aromatic heterocycles. The Bertz CT molecular complexity index is 1080. The fourth-order valence-electron chi connectivity index (χ4n) is 3.54. The van der Waals surface area contributed by atoms with Crippen molar-refractivity contribution in [2.24, 2.45) is 7.05 Å². The topological polar surface area (TPSA) is 91.0 Å². The lowest BCUT2D eigenvalue weighted by atomic mass is 10.1. The molecule has 0 atom stereocenters. The van der Waals surface area contributed by atoms with E-state index in [4.69, 9.17) is 4.74 Å². The van der Waals surface area contributed by atoms with Gasteiger partial charge in [-0.25, -0.2) is 9.36 Å². The highest BCUT2D eigenvalue weighted by Gasteiger charge is 2.15. The van der Waals surface area contributed by atoms with Crippen LogP contribution in [0, 0.1) is 0 Å². The van der Waals surface area contributed by atoms with E-state index < -0.39 is 0 Å². The molecule has 0 bridgehead atoms. The van der Waals surface area contributed by atoms with Crippen molar-refractivity contribution in [3.63, 3.8) is 0 Å². The van der Waals surface area contributed by atoms with Crippen LogP contribution in [0.3, 0.4) is 0 Å². The molecule has 0 spiro atoms. The maximum absolute atomic E-state index is 12.4. The molecule has 0 fully saturated rings. The average Bonchev–Trinajstić information content (AvgIpc) is 3.23. The van der Waals surface area contributed by atoms with Gasteiger partial charge in [-0.2, -0.15) is 10.2 Å². The van der Waals surface area contributed by atoms with E-state index in [0.717, 1.165) is 35.9 Å². The predicted molar refractivity (Wildman–Crippen MR) is 100 cm³/mol. The number of ether oxygens (including phenoxy) is 1. The average molecular weight is 367 g/mol. The van der Waals surface area contributed by atoms with E-state index in [2.05, 4.69) is 15.5 Å². The Balaban J connectivity index is 1.44. The number of aromatic nitrogens is 4. The number of carbonyl (C=O) groups is 1. The Labute approximate surface area is 155 Å². The zero-order chi connectivity index (χ0) is 19.0. The number of fused-ring (bicyclic) bond motifs is 2. The minimum absolute atomic E-state index is 0.119. The zero-order valence-electron chi connectivity index (χ0n) is 15.4. The summed E-state index contributed by atoms with van der Waals surface area (Å²) in [6.45, 7) is 0.672. The number of benzene rings is 1. The Morgan fingerprint density at radius 1 is 1.26 bits per heavy atom.